The average molecular weight is 346 g/mol. The third-order valence-electron chi connectivity index (χ3n) is 3.17. The molecule has 0 atom stereocenters. The number of hydrogen-bond acceptors (Lipinski definition) is 3. The van der Waals surface area contributed by atoms with Crippen molar-refractivity contribution < 1.29 is 17.1 Å². The molecule has 5 heteroatoms. The number of halogens is 1. The van der Waals surface area contributed by atoms with Crippen LogP contribution in [0.3, 0.4) is 0 Å². The van der Waals surface area contributed by atoms with Crippen molar-refractivity contribution in [1.82, 2.24) is 9.97 Å². The molecule has 120 valence electrons. The summed E-state index contributed by atoms with van der Waals surface area (Å²) < 4.78 is 5.50. The van der Waals surface area contributed by atoms with Gasteiger partial charge in [0, 0.05) is 11.8 Å². The van der Waals surface area contributed by atoms with Crippen LogP contribution in [0.25, 0.3) is 17.1 Å². The first kappa shape index (κ1) is 17.4. The number of nitrogens with one attached hydrogen (secondary N) is 1. The maximum atomic E-state index is 5.50. The van der Waals surface area contributed by atoms with Gasteiger partial charge in [-0.05, 0) is 24.6 Å². The Morgan fingerprint density at radius 2 is 2.00 bits per heavy atom. The summed E-state index contributed by atoms with van der Waals surface area (Å²) in [5, 5.41) is 0.932. The van der Waals surface area contributed by atoms with Crippen molar-refractivity contribution in [3.05, 3.63) is 60.2 Å². The lowest BCUT2D eigenvalue weighted by Gasteiger charge is -2.00. The minimum Gasteiger partial charge on any atom is -1.00 e. The molecule has 0 aliphatic rings. The standard InChI is InChI=1S/C18H18N2OS.ClH/c1-2-21-15-10-11-16-17(13-15)20-18(19-16)22-12-6-9-14-7-4-3-5-8-14;/h3-11,13H,2,12H2,1H3,(H,19,20);1H/p-1/b9-6+;. The van der Waals surface area contributed by atoms with Crippen molar-refractivity contribution in [3.63, 3.8) is 0 Å². The van der Waals surface area contributed by atoms with Gasteiger partial charge in [-0.15, -0.1) is 0 Å². The predicted octanol–water partition coefficient (Wildman–Crippen LogP) is 1.77. The van der Waals surface area contributed by atoms with E-state index in [0.717, 1.165) is 27.7 Å². The van der Waals surface area contributed by atoms with Crippen LogP contribution < -0.4 is 17.1 Å². The molecule has 1 aromatic heterocycles. The number of imidazole rings is 1. The molecule has 0 spiro atoms. The SMILES string of the molecule is CCOc1ccc2nc(SC/C=C/c3ccccc3)[nH]c2c1.[Cl-]. The number of nitrogens with zero attached hydrogens (tertiary/aromatic N) is 1. The van der Waals surface area contributed by atoms with Crippen LogP contribution in [0.15, 0.2) is 59.8 Å². The molecule has 3 aromatic rings. The van der Waals surface area contributed by atoms with E-state index in [1.54, 1.807) is 11.8 Å². The molecule has 0 aliphatic heterocycles. The summed E-state index contributed by atoms with van der Waals surface area (Å²) in [5.41, 5.74) is 3.20. The number of thioether (sulfide) groups is 1. The summed E-state index contributed by atoms with van der Waals surface area (Å²) in [6, 6.07) is 16.2. The largest absolute Gasteiger partial charge is 1.00 e. The third-order valence-corrected chi connectivity index (χ3v) is 3.99. The summed E-state index contributed by atoms with van der Waals surface area (Å²) in [5.74, 6) is 1.76. The molecule has 0 saturated heterocycles. The van der Waals surface area contributed by atoms with Gasteiger partial charge in [-0.25, -0.2) is 4.98 Å². The zero-order valence-corrected chi connectivity index (χ0v) is 14.4. The number of fused-ring (bicyclic) bond motifs is 1. The zero-order chi connectivity index (χ0) is 15.2. The fraction of sp³-hybridized carbons (Fsp3) is 0.167. The number of aromatic nitrogens is 2. The second-order valence-corrected chi connectivity index (χ2v) is 5.79. The molecule has 3 nitrogen and oxygen atoms in total. The molecule has 1 N–H and O–H groups in total. The molecule has 0 aliphatic carbocycles. The van der Waals surface area contributed by atoms with Crippen LogP contribution in [-0.2, 0) is 0 Å². The fourth-order valence-corrected chi connectivity index (χ4v) is 2.86. The van der Waals surface area contributed by atoms with Gasteiger partial charge in [-0.3, -0.25) is 0 Å². The van der Waals surface area contributed by atoms with E-state index in [1.165, 1.54) is 5.56 Å². The normalized spacial score (nSPS) is 10.8. The smallest absolute Gasteiger partial charge is 0.166 e. The summed E-state index contributed by atoms with van der Waals surface area (Å²) in [7, 11) is 0. The number of benzene rings is 2. The monoisotopic (exact) mass is 345 g/mol. The first-order chi connectivity index (χ1) is 10.8. The molecule has 3 rings (SSSR count). The Labute approximate surface area is 146 Å². The average Bonchev–Trinajstić information content (AvgIpc) is 2.95. The van der Waals surface area contributed by atoms with E-state index in [1.807, 2.05) is 43.3 Å². The minimum atomic E-state index is 0. The minimum absolute atomic E-state index is 0. The van der Waals surface area contributed by atoms with E-state index >= 15 is 0 Å². The molecule has 2 aromatic carbocycles. The highest BCUT2D eigenvalue weighted by Crippen LogP contribution is 2.23. The molecule has 23 heavy (non-hydrogen) atoms. The zero-order valence-electron chi connectivity index (χ0n) is 12.8. The van der Waals surface area contributed by atoms with Crippen molar-refractivity contribution in [3.8, 4) is 5.75 Å². The highest BCUT2D eigenvalue weighted by molar-refractivity contribution is 7.99. The molecule has 0 fully saturated rings. The summed E-state index contributed by atoms with van der Waals surface area (Å²) in [6.45, 7) is 2.66. The fourth-order valence-electron chi connectivity index (χ4n) is 2.17. The first-order valence-electron chi connectivity index (χ1n) is 7.32. The molecular weight excluding hydrogens is 328 g/mol. The van der Waals surface area contributed by atoms with E-state index in [-0.39, 0.29) is 12.4 Å². The van der Waals surface area contributed by atoms with Crippen molar-refractivity contribution in [2.75, 3.05) is 12.4 Å². The Hall–Kier alpha value is -1.91. The molecule has 0 saturated carbocycles. The highest BCUT2D eigenvalue weighted by atomic mass is 35.5. The van der Waals surface area contributed by atoms with Crippen molar-refractivity contribution in [1.29, 1.82) is 0 Å². The van der Waals surface area contributed by atoms with Crippen molar-refractivity contribution >= 4 is 28.9 Å². The van der Waals surface area contributed by atoms with Crippen molar-refractivity contribution in [2.24, 2.45) is 0 Å². The quantitative estimate of drug-likeness (QED) is 0.692. The molecule has 0 unspecified atom stereocenters. The Bertz CT molecular complexity index is 771. The number of hydrogen-bond donors (Lipinski definition) is 1. The van der Waals surface area contributed by atoms with Gasteiger partial charge in [-0.2, -0.15) is 0 Å². The van der Waals surface area contributed by atoms with Gasteiger partial charge in [0.25, 0.3) is 0 Å². The van der Waals surface area contributed by atoms with Gasteiger partial charge in [0.2, 0.25) is 0 Å². The Kier molecular flexibility index (Phi) is 6.56. The molecule has 1 heterocycles. The molecule has 0 amide bonds. The van der Waals surface area contributed by atoms with Crippen LogP contribution in [0, 0.1) is 0 Å². The van der Waals surface area contributed by atoms with E-state index in [0.29, 0.717) is 6.61 Å². The van der Waals surface area contributed by atoms with Crippen LogP contribution >= 0.6 is 11.8 Å². The Balaban J connectivity index is 0.00000192. The lowest BCUT2D eigenvalue weighted by molar-refractivity contribution is -0.00000500. The number of H-pyrrole nitrogens is 1. The van der Waals surface area contributed by atoms with Crippen molar-refractivity contribution in [2.45, 2.75) is 12.1 Å². The Morgan fingerprint density at radius 3 is 2.78 bits per heavy atom. The summed E-state index contributed by atoms with van der Waals surface area (Å²) in [6.07, 6.45) is 4.28. The van der Waals surface area contributed by atoms with Gasteiger partial charge < -0.3 is 22.1 Å². The van der Waals surface area contributed by atoms with Crippen LogP contribution in [-0.4, -0.2) is 22.3 Å². The summed E-state index contributed by atoms with van der Waals surface area (Å²) in [4.78, 5) is 7.91. The second kappa shape index (κ2) is 8.65. The number of rotatable bonds is 6. The van der Waals surface area contributed by atoms with Gasteiger partial charge in [0.15, 0.2) is 5.16 Å². The van der Waals surface area contributed by atoms with E-state index in [9.17, 15) is 0 Å². The molecule has 0 radical (unpaired) electrons. The van der Waals surface area contributed by atoms with E-state index in [4.69, 9.17) is 4.74 Å². The molecular formula is C18H18ClN2OS-. The lowest BCUT2D eigenvalue weighted by atomic mass is 10.2. The second-order valence-electron chi connectivity index (χ2n) is 4.78. The lowest BCUT2D eigenvalue weighted by Crippen LogP contribution is -3.00. The maximum absolute atomic E-state index is 5.50. The van der Waals surface area contributed by atoms with Crippen LogP contribution in [0.1, 0.15) is 12.5 Å². The maximum Gasteiger partial charge on any atom is 0.166 e. The van der Waals surface area contributed by atoms with Crippen LogP contribution in [0.2, 0.25) is 0 Å². The highest BCUT2D eigenvalue weighted by Gasteiger charge is 2.04. The third kappa shape index (κ3) is 4.78. The number of aromatic amines is 1. The topological polar surface area (TPSA) is 37.9 Å². The van der Waals surface area contributed by atoms with Crippen LogP contribution in [0.4, 0.5) is 0 Å². The van der Waals surface area contributed by atoms with E-state index < -0.39 is 0 Å². The predicted molar refractivity (Wildman–Crippen MR) is 93.5 cm³/mol. The van der Waals surface area contributed by atoms with Gasteiger partial charge >= 0.3 is 0 Å². The molecule has 0 bridgehead atoms. The first-order valence-corrected chi connectivity index (χ1v) is 8.30. The van der Waals surface area contributed by atoms with Crippen LogP contribution in [0.5, 0.6) is 5.75 Å². The number of ether oxygens (including phenoxy) is 1. The summed E-state index contributed by atoms with van der Waals surface area (Å²) >= 11 is 1.69. The van der Waals surface area contributed by atoms with Gasteiger partial charge in [-0.1, -0.05) is 54.2 Å². The van der Waals surface area contributed by atoms with Gasteiger partial charge in [0.05, 0.1) is 17.6 Å². The Morgan fingerprint density at radius 1 is 1.17 bits per heavy atom. The van der Waals surface area contributed by atoms with Gasteiger partial charge in [0.1, 0.15) is 5.75 Å². The van der Waals surface area contributed by atoms with E-state index in [2.05, 4.69) is 34.3 Å².